The van der Waals surface area contributed by atoms with Gasteiger partial charge in [0.25, 0.3) is 0 Å². The summed E-state index contributed by atoms with van der Waals surface area (Å²) in [6, 6.07) is 20.8. The first-order valence-corrected chi connectivity index (χ1v) is 13.2. The second-order valence-corrected chi connectivity index (χ2v) is 11.5. The van der Waals surface area contributed by atoms with Crippen LogP contribution in [-0.2, 0) is 11.0 Å². The first kappa shape index (κ1) is 26.9. The number of rotatable bonds is 3. The third kappa shape index (κ3) is 4.93. The molecule has 0 saturated carbocycles. The lowest BCUT2D eigenvalue weighted by Gasteiger charge is -2.45. The van der Waals surface area contributed by atoms with Gasteiger partial charge in [-0.25, -0.2) is 0 Å². The Morgan fingerprint density at radius 2 is 1.59 bits per heavy atom. The number of para-hydroxylation sites is 1. The van der Waals surface area contributed by atoms with Crippen LogP contribution in [0.1, 0.15) is 49.3 Å². The number of nitrogens with zero attached hydrogens (tertiary/aromatic N) is 1. The lowest BCUT2D eigenvalue weighted by molar-refractivity contribution is -0.137. The van der Waals surface area contributed by atoms with Crippen LogP contribution in [-0.4, -0.2) is 16.7 Å². The molecule has 200 valence electrons. The zero-order valence-corrected chi connectivity index (χ0v) is 22.9. The second-order valence-electron chi connectivity index (χ2n) is 10.6. The zero-order valence-electron chi connectivity index (χ0n) is 21.3. The molecule has 0 fully saturated rings. The van der Waals surface area contributed by atoms with Gasteiger partial charge in [-0.3, -0.25) is 15.1 Å². The maximum Gasteiger partial charge on any atom is 0.418 e. The molecule has 0 unspecified atom stereocenters. The fourth-order valence-corrected chi connectivity index (χ4v) is 5.79. The van der Waals surface area contributed by atoms with Gasteiger partial charge in [-0.05, 0) is 41.7 Å². The highest BCUT2D eigenvalue weighted by Crippen LogP contribution is 2.52. The number of allylic oxidation sites excluding steroid dienone is 2. The molecular formula is C31H26BrF3N2O2. The van der Waals surface area contributed by atoms with Crippen molar-refractivity contribution >= 4 is 39.0 Å². The first-order chi connectivity index (χ1) is 18.4. The van der Waals surface area contributed by atoms with Crippen LogP contribution in [0.3, 0.4) is 0 Å². The van der Waals surface area contributed by atoms with E-state index in [-0.39, 0.29) is 41.5 Å². The number of halogens is 4. The van der Waals surface area contributed by atoms with E-state index in [1.54, 1.807) is 54.6 Å². The summed E-state index contributed by atoms with van der Waals surface area (Å²) in [5.41, 5.74) is 0.0959. The summed E-state index contributed by atoms with van der Waals surface area (Å²) in [5, 5.41) is 21.0. The Hall–Kier alpha value is -3.65. The van der Waals surface area contributed by atoms with Crippen molar-refractivity contribution in [1.29, 1.82) is 5.41 Å². The van der Waals surface area contributed by atoms with Gasteiger partial charge >= 0.3 is 6.18 Å². The molecular weight excluding hydrogens is 569 g/mol. The van der Waals surface area contributed by atoms with Crippen molar-refractivity contribution in [3.8, 4) is 0 Å². The van der Waals surface area contributed by atoms with E-state index >= 15 is 0 Å². The van der Waals surface area contributed by atoms with E-state index in [0.717, 1.165) is 10.5 Å². The largest absolute Gasteiger partial charge is 0.507 e. The van der Waals surface area contributed by atoms with Crippen LogP contribution in [0, 0.1) is 10.8 Å². The van der Waals surface area contributed by atoms with Gasteiger partial charge in [0.1, 0.15) is 11.6 Å². The van der Waals surface area contributed by atoms with Crippen LogP contribution in [0.15, 0.2) is 100 Å². The average Bonchev–Trinajstić information content (AvgIpc) is 2.87. The Labute approximate surface area is 233 Å². The standard InChI is InChI=1S/C31H26BrF3N2O2/c1-30(2)16-23-26(24(38)17-30)25(18-12-14-20(32)15-13-18)27(28(39)19-8-4-3-5-9-19)29(36)37(23)22-11-7-6-10-21(22)31(33,34)35/h3-15,25,36,39H,16-17H2,1-2H3/b28-27+,36-29?/t25-/m0/s1. The molecule has 4 nitrogen and oxygen atoms in total. The van der Waals surface area contributed by atoms with E-state index in [9.17, 15) is 28.5 Å². The Balaban J connectivity index is 1.89. The molecule has 0 bridgehead atoms. The second kappa shape index (κ2) is 9.83. The number of aliphatic hydroxyl groups excluding tert-OH is 1. The van der Waals surface area contributed by atoms with Crippen molar-refractivity contribution in [3.63, 3.8) is 0 Å². The number of hydrogen-bond acceptors (Lipinski definition) is 3. The number of alkyl halides is 3. The fourth-order valence-electron chi connectivity index (χ4n) is 5.53. The molecule has 0 radical (unpaired) electrons. The van der Waals surface area contributed by atoms with Crippen LogP contribution >= 0.6 is 15.9 Å². The maximum absolute atomic E-state index is 14.2. The van der Waals surface area contributed by atoms with Gasteiger partial charge in [0.2, 0.25) is 0 Å². The van der Waals surface area contributed by atoms with Gasteiger partial charge in [0, 0.05) is 39.2 Å². The normalized spacial score (nSPS) is 20.7. The molecule has 0 aromatic heterocycles. The molecule has 0 amide bonds. The highest BCUT2D eigenvalue weighted by molar-refractivity contribution is 9.10. The van der Waals surface area contributed by atoms with Crippen molar-refractivity contribution in [2.45, 2.75) is 38.8 Å². The van der Waals surface area contributed by atoms with Crippen LogP contribution in [0.25, 0.3) is 5.76 Å². The van der Waals surface area contributed by atoms with E-state index in [0.29, 0.717) is 22.4 Å². The van der Waals surface area contributed by atoms with Gasteiger partial charge < -0.3 is 5.11 Å². The van der Waals surface area contributed by atoms with Gasteiger partial charge in [-0.2, -0.15) is 13.2 Å². The molecule has 3 aromatic carbocycles. The van der Waals surface area contributed by atoms with E-state index in [1.165, 1.54) is 23.1 Å². The average molecular weight is 595 g/mol. The zero-order chi connectivity index (χ0) is 28.1. The Bertz CT molecular complexity index is 1520. The lowest BCUT2D eigenvalue weighted by Crippen LogP contribution is -2.45. The van der Waals surface area contributed by atoms with Gasteiger partial charge in [0.15, 0.2) is 5.78 Å². The quantitative estimate of drug-likeness (QED) is 0.298. The fraction of sp³-hybridized carbons (Fsp3) is 0.226. The molecule has 39 heavy (non-hydrogen) atoms. The summed E-state index contributed by atoms with van der Waals surface area (Å²) in [5.74, 6) is -1.61. The summed E-state index contributed by atoms with van der Waals surface area (Å²) in [6.45, 7) is 3.79. The molecule has 3 aromatic rings. The number of hydrogen-bond donors (Lipinski definition) is 2. The van der Waals surface area contributed by atoms with E-state index < -0.39 is 23.1 Å². The van der Waals surface area contributed by atoms with Crippen LogP contribution in [0.2, 0.25) is 0 Å². The lowest BCUT2D eigenvalue weighted by atomic mass is 9.67. The molecule has 8 heteroatoms. The van der Waals surface area contributed by atoms with Crippen molar-refractivity contribution in [1.82, 2.24) is 0 Å². The maximum atomic E-state index is 14.2. The van der Waals surface area contributed by atoms with Crippen molar-refractivity contribution in [3.05, 3.63) is 117 Å². The van der Waals surface area contributed by atoms with E-state index in [1.807, 2.05) is 13.8 Å². The number of amidine groups is 1. The third-order valence-electron chi connectivity index (χ3n) is 7.18. The topological polar surface area (TPSA) is 64.4 Å². The highest BCUT2D eigenvalue weighted by Gasteiger charge is 2.48. The minimum atomic E-state index is -4.69. The number of nitrogens with one attached hydrogen (secondary N) is 1. The molecule has 2 N–H and O–H groups in total. The molecule has 2 aliphatic rings. The number of anilines is 1. The van der Waals surface area contributed by atoms with Crippen molar-refractivity contribution in [2.75, 3.05) is 4.90 Å². The number of carbonyl (C=O) groups is 1. The highest BCUT2D eigenvalue weighted by atomic mass is 79.9. The molecule has 1 atom stereocenters. The van der Waals surface area contributed by atoms with Crippen LogP contribution in [0.4, 0.5) is 18.9 Å². The first-order valence-electron chi connectivity index (χ1n) is 12.4. The smallest absolute Gasteiger partial charge is 0.418 e. The number of carbonyl (C=O) groups excluding carboxylic acids is 1. The summed E-state index contributed by atoms with van der Waals surface area (Å²) >= 11 is 3.43. The molecule has 1 aliphatic heterocycles. The number of benzene rings is 3. The van der Waals surface area contributed by atoms with Crippen LogP contribution < -0.4 is 4.90 Å². The minimum absolute atomic E-state index is 0.0762. The number of aliphatic hydroxyl groups is 1. The summed E-state index contributed by atoms with van der Waals surface area (Å²) in [7, 11) is 0. The van der Waals surface area contributed by atoms with Crippen molar-refractivity contribution < 1.29 is 23.1 Å². The SMILES string of the molecule is CC1(C)CC(=O)C2=C(C1)N(c1ccccc1C(F)(F)F)C(=N)/C(=C(/O)c1ccccc1)[C@H]2c1ccc(Br)cc1. The van der Waals surface area contributed by atoms with Gasteiger partial charge in [0.05, 0.1) is 11.3 Å². The molecule has 1 aliphatic carbocycles. The van der Waals surface area contributed by atoms with E-state index in [4.69, 9.17) is 0 Å². The Morgan fingerprint density at radius 3 is 2.23 bits per heavy atom. The number of ketones is 1. The predicted molar refractivity (Wildman–Crippen MR) is 150 cm³/mol. The minimum Gasteiger partial charge on any atom is -0.507 e. The monoisotopic (exact) mass is 594 g/mol. The Kier molecular flexibility index (Phi) is 6.79. The van der Waals surface area contributed by atoms with Gasteiger partial charge in [-0.15, -0.1) is 0 Å². The predicted octanol–water partition coefficient (Wildman–Crippen LogP) is 8.66. The van der Waals surface area contributed by atoms with Crippen molar-refractivity contribution in [2.24, 2.45) is 5.41 Å². The molecule has 1 heterocycles. The van der Waals surface area contributed by atoms with Gasteiger partial charge in [-0.1, -0.05) is 84.4 Å². The third-order valence-corrected chi connectivity index (χ3v) is 7.71. The molecule has 5 rings (SSSR count). The van der Waals surface area contributed by atoms with Crippen LogP contribution in [0.5, 0.6) is 0 Å². The summed E-state index contributed by atoms with van der Waals surface area (Å²) < 4.78 is 43.5. The van der Waals surface area contributed by atoms with E-state index in [2.05, 4.69) is 15.9 Å². The Morgan fingerprint density at radius 1 is 0.974 bits per heavy atom. The molecule has 0 spiro atoms. The summed E-state index contributed by atoms with van der Waals surface area (Å²) in [6.07, 6.45) is -4.21. The summed E-state index contributed by atoms with van der Waals surface area (Å²) in [4.78, 5) is 15.1. The molecule has 0 saturated heterocycles. The number of Topliss-reactive ketones (excluding diaryl/α,β-unsaturated/α-hetero) is 1.